The Balaban J connectivity index is 4.27. The molecule has 0 spiro atoms. The van der Waals surface area contributed by atoms with Crippen molar-refractivity contribution in [2.45, 2.75) is 225 Å². The normalized spacial score (nSPS) is 14.4. The number of quaternary nitrogens is 1. The Labute approximate surface area is 514 Å². The van der Waals surface area contributed by atoms with Crippen LogP contribution < -0.4 is 0 Å². The van der Waals surface area contributed by atoms with Crippen molar-refractivity contribution in [3.8, 4) is 0 Å². The van der Waals surface area contributed by atoms with Crippen molar-refractivity contribution in [2.75, 3.05) is 47.5 Å². The smallest absolute Gasteiger partial charge is 0.462 e. The van der Waals surface area contributed by atoms with Gasteiger partial charge in [0.05, 0.1) is 27.7 Å². The molecule has 9 nitrogen and oxygen atoms in total. The molecule has 0 rings (SSSR count). The number of allylic oxidation sites excluding steroid dienone is 30. The molecular formula is C74H119NO8P+. The fourth-order valence-electron chi connectivity index (χ4n) is 8.01. The van der Waals surface area contributed by atoms with Crippen LogP contribution in [0.25, 0.3) is 0 Å². The summed E-state index contributed by atoms with van der Waals surface area (Å²) in [5.41, 5.74) is 0. The highest BCUT2D eigenvalue weighted by Gasteiger charge is 2.27. The number of hydrogen-bond acceptors (Lipinski definition) is 7. The van der Waals surface area contributed by atoms with Crippen molar-refractivity contribution in [3.05, 3.63) is 182 Å². The van der Waals surface area contributed by atoms with Gasteiger partial charge in [-0.25, -0.2) is 4.57 Å². The van der Waals surface area contributed by atoms with E-state index in [-0.39, 0.29) is 26.1 Å². The summed E-state index contributed by atoms with van der Waals surface area (Å²) in [6.07, 6.45) is 96.9. The number of esters is 2. The van der Waals surface area contributed by atoms with Crippen molar-refractivity contribution < 1.29 is 42.1 Å². The third-order valence-corrected chi connectivity index (χ3v) is 13.9. The van der Waals surface area contributed by atoms with E-state index >= 15 is 0 Å². The molecule has 0 heterocycles. The molecule has 0 radical (unpaired) electrons. The van der Waals surface area contributed by atoms with Gasteiger partial charge in [0.2, 0.25) is 0 Å². The van der Waals surface area contributed by atoms with Gasteiger partial charge in [-0.15, -0.1) is 0 Å². The molecule has 10 heteroatoms. The van der Waals surface area contributed by atoms with Crippen molar-refractivity contribution in [1.29, 1.82) is 0 Å². The summed E-state index contributed by atoms with van der Waals surface area (Å²) in [7, 11) is 1.42. The number of rotatable bonds is 57. The summed E-state index contributed by atoms with van der Waals surface area (Å²) in [6, 6.07) is 0. The van der Waals surface area contributed by atoms with Gasteiger partial charge in [-0.1, -0.05) is 254 Å². The first-order chi connectivity index (χ1) is 41.0. The van der Waals surface area contributed by atoms with Crippen LogP contribution in [0, 0.1) is 0 Å². The number of hydrogen-bond donors (Lipinski definition) is 1. The minimum absolute atomic E-state index is 0.0119. The minimum atomic E-state index is -4.42. The molecule has 0 aromatic rings. The van der Waals surface area contributed by atoms with Gasteiger partial charge in [-0.3, -0.25) is 18.6 Å². The quantitative estimate of drug-likeness (QED) is 0.0211. The zero-order valence-corrected chi connectivity index (χ0v) is 54.4. The SMILES string of the molecule is CC/C=C\C/C=C\C/C=C\C/C=C\C/C=C\C/C=C\C/C=C\C/C=C\C/C=C\C/C=C\CCCCC(=O)OC(COC(=O)CCCCCCCCCCCCC/C=C\C/C=C\C/C=C\C/C=C\C/C=C\CC)COP(=O)(O)OCC[N+](C)(C)C. The summed E-state index contributed by atoms with van der Waals surface area (Å²) in [6.45, 7) is 4.13. The standard InChI is InChI=1S/C74H118NO8P/c1-6-8-10-12-14-16-18-20-22-24-26-28-30-32-34-35-36-37-38-39-41-43-45-47-49-51-53-55-57-59-61-63-65-67-74(77)83-72(71-82-84(78,79)81-69-68-75(3,4)5)70-80-73(76)66-64-62-60-58-56-54-52-50-48-46-44-42-40-33-31-29-27-25-23-21-19-17-15-13-11-9-7-2/h8-11,14-17,20-23,26-29,32-34,36-37,39-41,45,47,51,53,57,59,72H,6-7,12-13,18-19,24-25,30-31,35,38,42-44,46,48-50,52,54-56,58,60-71H2,1-5H3/p+1/b10-8-,11-9-,16-14-,17-15-,22-20-,23-21-,28-26-,29-27-,34-32-,37-36-,40-33-,41-39-,47-45-,53-51-,59-57-. The molecule has 0 aromatic carbocycles. The molecule has 2 atom stereocenters. The van der Waals surface area contributed by atoms with Crippen LogP contribution in [0.4, 0.5) is 0 Å². The second-order valence-corrected chi connectivity index (χ2v) is 23.5. The molecule has 0 aliphatic rings. The fourth-order valence-corrected chi connectivity index (χ4v) is 8.75. The van der Waals surface area contributed by atoms with Gasteiger partial charge in [-0.05, 0) is 135 Å². The Kier molecular flexibility index (Phi) is 59.0. The van der Waals surface area contributed by atoms with Gasteiger partial charge in [-0.2, -0.15) is 0 Å². The molecule has 84 heavy (non-hydrogen) atoms. The molecule has 0 amide bonds. The summed E-state index contributed by atoms with van der Waals surface area (Å²) >= 11 is 0. The maximum Gasteiger partial charge on any atom is 0.472 e. The number of likely N-dealkylation sites (N-methyl/N-ethyl adjacent to an activating group) is 1. The van der Waals surface area contributed by atoms with Crippen LogP contribution in [0.5, 0.6) is 0 Å². The Hall–Kier alpha value is -4.89. The molecule has 0 aromatic heterocycles. The highest BCUT2D eigenvalue weighted by molar-refractivity contribution is 7.47. The number of nitrogens with zero attached hydrogens (tertiary/aromatic N) is 1. The Morgan fingerprint density at radius 1 is 0.369 bits per heavy atom. The molecule has 0 bridgehead atoms. The number of carbonyl (C=O) groups is 2. The van der Waals surface area contributed by atoms with Crippen molar-refractivity contribution >= 4 is 19.8 Å². The topological polar surface area (TPSA) is 108 Å². The van der Waals surface area contributed by atoms with Crippen molar-refractivity contribution in [2.24, 2.45) is 0 Å². The monoisotopic (exact) mass is 1180 g/mol. The third kappa shape index (κ3) is 66.3. The van der Waals surface area contributed by atoms with Crippen molar-refractivity contribution in [1.82, 2.24) is 0 Å². The van der Waals surface area contributed by atoms with Crippen molar-refractivity contribution in [3.63, 3.8) is 0 Å². The van der Waals surface area contributed by atoms with Crippen LogP contribution in [0.3, 0.4) is 0 Å². The van der Waals surface area contributed by atoms with E-state index in [4.69, 9.17) is 18.5 Å². The number of unbranched alkanes of at least 4 members (excludes halogenated alkanes) is 13. The molecule has 0 fully saturated rings. The zero-order valence-electron chi connectivity index (χ0n) is 53.6. The van der Waals surface area contributed by atoms with Crippen LogP contribution in [0.2, 0.25) is 0 Å². The summed E-state index contributed by atoms with van der Waals surface area (Å²) in [5, 5.41) is 0. The maximum absolute atomic E-state index is 12.8. The van der Waals surface area contributed by atoms with Gasteiger partial charge >= 0.3 is 19.8 Å². The second kappa shape index (κ2) is 62.6. The number of phosphoric acid groups is 1. The summed E-state index contributed by atoms with van der Waals surface area (Å²) in [5.74, 6) is -0.866. The maximum atomic E-state index is 12.8. The first-order valence-electron chi connectivity index (χ1n) is 32.5. The lowest BCUT2D eigenvalue weighted by molar-refractivity contribution is -0.870. The van der Waals surface area contributed by atoms with E-state index in [9.17, 15) is 19.0 Å². The predicted molar refractivity (Wildman–Crippen MR) is 362 cm³/mol. The highest BCUT2D eigenvalue weighted by Crippen LogP contribution is 2.43. The summed E-state index contributed by atoms with van der Waals surface area (Å²) < 4.78 is 34.6. The van der Waals surface area contributed by atoms with Gasteiger partial charge in [0.15, 0.2) is 6.10 Å². The van der Waals surface area contributed by atoms with Gasteiger partial charge < -0.3 is 18.9 Å². The van der Waals surface area contributed by atoms with E-state index in [2.05, 4.69) is 196 Å². The van der Waals surface area contributed by atoms with Crippen LogP contribution in [-0.2, 0) is 32.7 Å². The lowest BCUT2D eigenvalue weighted by Crippen LogP contribution is -2.37. The van der Waals surface area contributed by atoms with E-state index in [0.29, 0.717) is 17.4 Å². The molecule has 2 unspecified atom stereocenters. The molecule has 0 aliphatic heterocycles. The van der Waals surface area contributed by atoms with Crippen LogP contribution in [-0.4, -0.2) is 74.9 Å². The second-order valence-electron chi connectivity index (χ2n) is 22.0. The molecule has 1 N–H and O–H groups in total. The molecule has 0 saturated carbocycles. The number of phosphoric ester groups is 1. The summed E-state index contributed by atoms with van der Waals surface area (Å²) in [4.78, 5) is 35.8. The first kappa shape index (κ1) is 79.1. The fraction of sp³-hybridized carbons (Fsp3) is 0.568. The molecule has 0 aliphatic carbocycles. The van der Waals surface area contributed by atoms with E-state index < -0.39 is 32.5 Å². The minimum Gasteiger partial charge on any atom is -0.462 e. The lowest BCUT2D eigenvalue weighted by Gasteiger charge is -2.24. The third-order valence-electron chi connectivity index (χ3n) is 12.9. The van der Waals surface area contributed by atoms with E-state index in [1.54, 1.807) is 0 Å². The van der Waals surface area contributed by atoms with Gasteiger partial charge in [0, 0.05) is 12.8 Å². The highest BCUT2D eigenvalue weighted by atomic mass is 31.2. The Bertz CT molecular complexity index is 2070. The van der Waals surface area contributed by atoms with Crippen LogP contribution >= 0.6 is 7.82 Å². The molecule has 472 valence electrons. The molecular weight excluding hydrogens is 1060 g/mol. The van der Waals surface area contributed by atoms with E-state index in [1.165, 1.54) is 44.9 Å². The van der Waals surface area contributed by atoms with Crippen LogP contribution in [0.1, 0.15) is 219 Å². The van der Waals surface area contributed by atoms with E-state index in [1.807, 2.05) is 21.1 Å². The number of carbonyl (C=O) groups excluding carboxylic acids is 2. The van der Waals surface area contributed by atoms with Crippen LogP contribution in [0.15, 0.2) is 182 Å². The predicted octanol–water partition coefficient (Wildman–Crippen LogP) is 21.1. The number of ether oxygens (including phenoxy) is 2. The lowest BCUT2D eigenvalue weighted by atomic mass is 10.0. The average Bonchev–Trinajstić information content (AvgIpc) is 3.61. The average molecular weight is 1180 g/mol. The van der Waals surface area contributed by atoms with Gasteiger partial charge in [0.25, 0.3) is 0 Å². The Morgan fingerprint density at radius 3 is 0.976 bits per heavy atom. The largest absolute Gasteiger partial charge is 0.472 e. The Morgan fingerprint density at radius 2 is 0.643 bits per heavy atom. The van der Waals surface area contributed by atoms with E-state index in [0.717, 1.165) is 141 Å². The zero-order chi connectivity index (χ0) is 61.2. The van der Waals surface area contributed by atoms with Gasteiger partial charge in [0.1, 0.15) is 19.8 Å². The molecule has 0 saturated heterocycles. The first-order valence-corrected chi connectivity index (χ1v) is 34.0.